The van der Waals surface area contributed by atoms with Gasteiger partial charge in [-0.15, -0.1) is 0 Å². The molecule has 2 aromatic heterocycles. The third-order valence-electron chi connectivity index (χ3n) is 2.82. The molecule has 0 bridgehead atoms. The standard InChI is InChI=1S/C14H19N3O/c1-9(2)6-10-7-11(13-4-3-5-18-13)12(8-15)14(16)17-10/h3-5,7,9H,6,8,15H2,1-2H3,(H2,16,17). The van der Waals surface area contributed by atoms with Crippen molar-refractivity contribution < 1.29 is 4.42 Å². The topological polar surface area (TPSA) is 78.1 Å². The second kappa shape index (κ2) is 5.23. The number of hydrogen-bond donors (Lipinski definition) is 2. The summed E-state index contributed by atoms with van der Waals surface area (Å²) in [6.45, 7) is 4.67. The lowest BCUT2D eigenvalue weighted by Crippen LogP contribution is -2.09. The molecular formula is C14H19N3O. The Labute approximate surface area is 107 Å². The molecule has 0 aromatic carbocycles. The van der Waals surface area contributed by atoms with Gasteiger partial charge in [-0.1, -0.05) is 13.8 Å². The fraction of sp³-hybridized carbons (Fsp3) is 0.357. The minimum Gasteiger partial charge on any atom is -0.464 e. The van der Waals surface area contributed by atoms with Gasteiger partial charge >= 0.3 is 0 Å². The first-order valence-corrected chi connectivity index (χ1v) is 6.14. The molecule has 0 saturated carbocycles. The van der Waals surface area contributed by atoms with E-state index >= 15 is 0 Å². The van der Waals surface area contributed by atoms with E-state index in [-0.39, 0.29) is 0 Å². The summed E-state index contributed by atoms with van der Waals surface area (Å²) >= 11 is 0. The van der Waals surface area contributed by atoms with Crippen LogP contribution < -0.4 is 11.5 Å². The first-order valence-electron chi connectivity index (χ1n) is 6.14. The van der Waals surface area contributed by atoms with Gasteiger partial charge in [0.25, 0.3) is 0 Å². The molecule has 0 radical (unpaired) electrons. The van der Waals surface area contributed by atoms with E-state index in [1.807, 2.05) is 18.2 Å². The summed E-state index contributed by atoms with van der Waals surface area (Å²) in [6.07, 6.45) is 2.54. The van der Waals surface area contributed by atoms with Crippen molar-refractivity contribution in [3.05, 3.63) is 35.7 Å². The molecule has 0 aliphatic rings. The van der Waals surface area contributed by atoms with E-state index in [0.717, 1.165) is 29.0 Å². The Morgan fingerprint density at radius 3 is 2.72 bits per heavy atom. The Kier molecular flexibility index (Phi) is 3.67. The summed E-state index contributed by atoms with van der Waals surface area (Å²) in [7, 11) is 0. The third kappa shape index (κ3) is 2.54. The van der Waals surface area contributed by atoms with Crippen LogP contribution >= 0.6 is 0 Å². The highest BCUT2D eigenvalue weighted by Crippen LogP contribution is 2.28. The molecule has 96 valence electrons. The van der Waals surface area contributed by atoms with Gasteiger partial charge in [0.15, 0.2) is 0 Å². The minimum atomic E-state index is 0.358. The van der Waals surface area contributed by atoms with Gasteiger partial charge in [-0.25, -0.2) is 4.98 Å². The number of hydrogen-bond acceptors (Lipinski definition) is 4. The van der Waals surface area contributed by atoms with Crippen LogP contribution in [-0.4, -0.2) is 4.98 Å². The van der Waals surface area contributed by atoms with E-state index in [2.05, 4.69) is 18.8 Å². The van der Waals surface area contributed by atoms with Crippen LogP contribution in [0.3, 0.4) is 0 Å². The predicted molar refractivity (Wildman–Crippen MR) is 72.8 cm³/mol. The number of furan rings is 1. The zero-order valence-electron chi connectivity index (χ0n) is 10.8. The lowest BCUT2D eigenvalue weighted by Gasteiger charge is -2.12. The second-order valence-electron chi connectivity index (χ2n) is 4.80. The van der Waals surface area contributed by atoms with Crippen molar-refractivity contribution in [3.8, 4) is 11.3 Å². The molecule has 4 nitrogen and oxygen atoms in total. The van der Waals surface area contributed by atoms with E-state index < -0.39 is 0 Å². The zero-order valence-corrected chi connectivity index (χ0v) is 10.8. The van der Waals surface area contributed by atoms with Crippen molar-refractivity contribution in [2.24, 2.45) is 11.7 Å². The SMILES string of the molecule is CC(C)Cc1cc(-c2ccco2)c(CN)c(N)n1. The summed E-state index contributed by atoms with van der Waals surface area (Å²) in [5, 5.41) is 0. The molecule has 4 N–H and O–H groups in total. The van der Waals surface area contributed by atoms with Crippen molar-refractivity contribution in [2.45, 2.75) is 26.8 Å². The van der Waals surface area contributed by atoms with Gasteiger partial charge in [0.2, 0.25) is 0 Å². The predicted octanol–water partition coefficient (Wildman–Crippen LogP) is 2.58. The number of nitrogen functional groups attached to an aromatic ring is 1. The van der Waals surface area contributed by atoms with Gasteiger partial charge in [-0.3, -0.25) is 0 Å². The van der Waals surface area contributed by atoms with Gasteiger partial charge < -0.3 is 15.9 Å². The number of anilines is 1. The maximum absolute atomic E-state index is 5.98. The van der Waals surface area contributed by atoms with Gasteiger partial charge in [0.1, 0.15) is 11.6 Å². The summed E-state index contributed by atoms with van der Waals surface area (Å²) in [5.41, 5.74) is 14.5. The molecule has 2 rings (SSSR count). The van der Waals surface area contributed by atoms with Gasteiger partial charge in [0, 0.05) is 23.4 Å². The van der Waals surface area contributed by atoms with Crippen molar-refractivity contribution in [3.63, 3.8) is 0 Å². The molecule has 0 saturated heterocycles. The average molecular weight is 245 g/mol. The molecular weight excluding hydrogens is 226 g/mol. The van der Waals surface area contributed by atoms with Crippen molar-refractivity contribution >= 4 is 5.82 Å². The fourth-order valence-corrected chi connectivity index (χ4v) is 2.04. The Bertz CT molecular complexity index is 518. The van der Waals surface area contributed by atoms with Crippen molar-refractivity contribution in [1.29, 1.82) is 0 Å². The van der Waals surface area contributed by atoms with Crippen LogP contribution in [0.2, 0.25) is 0 Å². The Morgan fingerprint density at radius 2 is 2.17 bits per heavy atom. The summed E-state index contributed by atoms with van der Waals surface area (Å²) in [6, 6.07) is 5.79. The molecule has 2 heterocycles. The second-order valence-corrected chi connectivity index (χ2v) is 4.80. The molecule has 2 aromatic rings. The van der Waals surface area contributed by atoms with E-state index in [1.54, 1.807) is 6.26 Å². The lowest BCUT2D eigenvalue weighted by molar-refractivity contribution is 0.580. The molecule has 0 atom stereocenters. The summed E-state index contributed by atoms with van der Waals surface area (Å²) in [5.74, 6) is 1.82. The largest absolute Gasteiger partial charge is 0.464 e. The molecule has 0 amide bonds. The van der Waals surface area contributed by atoms with Crippen LogP contribution in [0.1, 0.15) is 25.1 Å². The molecule has 0 aliphatic heterocycles. The Morgan fingerprint density at radius 1 is 1.39 bits per heavy atom. The van der Waals surface area contributed by atoms with Crippen LogP contribution in [0.5, 0.6) is 0 Å². The van der Waals surface area contributed by atoms with Gasteiger partial charge in [-0.2, -0.15) is 0 Å². The molecule has 0 aliphatic carbocycles. The number of nitrogens with two attached hydrogens (primary N) is 2. The monoisotopic (exact) mass is 245 g/mol. The summed E-state index contributed by atoms with van der Waals surface area (Å²) in [4.78, 5) is 4.41. The maximum atomic E-state index is 5.98. The average Bonchev–Trinajstić information content (AvgIpc) is 2.80. The van der Waals surface area contributed by atoms with Crippen LogP contribution in [0, 0.1) is 5.92 Å². The fourth-order valence-electron chi connectivity index (χ4n) is 2.04. The number of pyridine rings is 1. The minimum absolute atomic E-state index is 0.358. The first kappa shape index (κ1) is 12.6. The Hall–Kier alpha value is -1.81. The van der Waals surface area contributed by atoms with Crippen LogP contribution in [0.4, 0.5) is 5.82 Å². The number of nitrogens with zero attached hydrogens (tertiary/aromatic N) is 1. The molecule has 0 spiro atoms. The summed E-state index contributed by atoms with van der Waals surface area (Å²) < 4.78 is 5.44. The van der Waals surface area contributed by atoms with Crippen LogP contribution in [-0.2, 0) is 13.0 Å². The van der Waals surface area contributed by atoms with Gasteiger partial charge in [0.05, 0.1) is 6.26 Å². The van der Waals surface area contributed by atoms with E-state index in [0.29, 0.717) is 18.3 Å². The van der Waals surface area contributed by atoms with Gasteiger partial charge in [-0.05, 0) is 30.5 Å². The molecule has 18 heavy (non-hydrogen) atoms. The number of rotatable bonds is 4. The highest BCUT2D eigenvalue weighted by atomic mass is 16.3. The highest BCUT2D eigenvalue weighted by Gasteiger charge is 2.13. The van der Waals surface area contributed by atoms with Crippen LogP contribution in [0.15, 0.2) is 28.9 Å². The smallest absolute Gasteiger partial charge is 0.134 e. The molecule has 0 unspecified atom stereocenters. The maximum Gasteiger partial charge on any atom is 0.134 e. The lowest BCUT2D eigenvalue weighted by atomic mass is 10.0. The zero-order chi connectivity index (χ0) is 13.1. The third-order valence-corrected chi connectivity index (χ3v) is 2.82. The van der Waals surface area contributed by atoms with Crippen molar-refractivity contribution in [1.82, 2.24) is 4.98 Å². The van der Waals surface area contributed by atoms with Crippen molar-refractivity contribution in [2.75, 3.05) is 5.73 Å². The van der Waals surface area contributed by atoms with E-state index in [1.165, 1.54) is 0 Å². The molecule has 4 heteroatoms. The van der Waals surface area contributed by atoms with Crippen LogP contribution in [0.25, 0.3) is 11.3 Å². The normalized spacial score (nSPS) is 11.1. The number of aromatic nitrogens is 1. The highest BCUT2D eigenvalue weighted by molar-refractivity contribution is 5.68. The van der Waals surface area contributed by atoms with E-state index in [9.17, 15) is 0 Å². The first-order chi connectivity index (χ1) is 8.61. The Balaban J connectivity index is 2.51. The quantitative estimate of drug-likeness (QED) is 0.867. The molecule has 0 fully saturated rings. The van der Waals surface area contributed by atoms with E-state index in [4.69, 9.17) is 15.9 Å².